The normalized spacial score (nSPS) is 11.2. The summed E-state index contributed by atoms with van der Waals surface area (Å²) in [5.41, 5.74) is 3.56. The number of aryl methyl sites for hydroxylation is 1. The number of aromatic nitrogens is 6. The average Bonchev–Trinajstić information content (AvgIpc) is 3.54. The summed E-state index contributed by atoms with van der Waals surface area (Å²) in [4.78, 5) is 9.09. The first-order chi connectivity index (χ1) is 16.0. The zero-order chi connectivity index (χ0) is 22.9. The van der Waals surface area contributed by atoms with Crippen molar-refractivity contribution in [2.45, 2.75) is 20.4 Å². The number of hydrogen-bond acceptors (Lipinski definition) is 8. The second kappa shape index (κ2) is 8.51. The van der Waals surface area contributed by atoms with Crippen LogP contribution in [0.15, 0.2) is 57.5 Å². The Kier molecular flexibility index (Phi) is 5.39. The molecule has 0 radical (unpaired) electrons. The van der Waals surface area contributed by atoms with E-state index in [4.69, 9.17) is 25.3 Å². The van der Waals surface area contributed by atoms with Crippen LogP contribution in [0.1, 0.15) is 17.1 Å². The second-order valence-electron chi connectivity index (χ2n) is 7.33. The highest BCUT2D eigenvalue weighted by Crippen LogP contribution is 2.28. The standard InChI is InChI=1S/C23H19ClN6O3/c1-13-20(23-26-21(28-33-23)17-6-4-5-7-18(17)24)27-29-30(13)12-19-14(2)32-22(25-19)15-8-10-16(31-3)11-9-15/h4-11H,12H2,1-3H3. The van der Waals surface area contributed by atoms with Crippen LogP contribution in [0.3, 0.4) is 0 Å². The second-order valence-corrected chi connectivity index (χ2v) is 7.74. The molecule has 0 aliphatic carbocycles. The highest BCUT2D eigenvalue weighted by atomic mass is 35.5. The number of benzene rings is 2. The molecule has 0 unspecified atom stereocenters. The fraction of sp³-hybridized carbons (Fsp3) is 0.174. The summed E-state index contributed by atoms with van der Waals surface area (Å²) in [6.07, 6.45) is 0. The van der Waals surface area contributed by atoms with Crippen molar-refractivity contribution in [2.75, 3.05) is 7.11 Å². The maximum absolute atomic E-state index is 6.24. The van der Waals surface area contributed by atoms with E-state index in [0.29, 0.717) is 40.3 Å². The average molecular weight is 463 g/mol. The molecular weight excluding hydrogens is 444 g/mol. The summed E-state index contributed by atoms with van der Waals surface area (Å²) < 4.78 is 18.2. The molecule has 9 nitrogen and oxygen atoms in total. The third-order valence-electron chi connectivity index (χ3n) is 5.26. The predicted molar refractivity (Wildman–Crippen MR) is 121 cm³/mol. The number of ether oxygens (including phenoxy) is 1. The summed E-state index contributed by atoms with van der Waals surface area (Å²) >= 11 is 6.24. The zero-order valence-electron chi connectivity index (χ0n) is 18.1. The van der Waals surface area contributed by atoms with Crippen molar-refractivity contribution in [3.63, 3.8) is 0 Å². The van der Waals surface area contributed by atoms with Gasteiger partial charge in [0.05, 0.1) is 24.4 Å². The summed E-state index contributed by atoms with van der Waals surface area (Å²) in [6, 6.07) is 14.8. The van der Waals surface area contributed by atoms with Crippen LogP contribution in [0.2, 0.25) is 5.02 Å². The van der Waals surface area contributed by atoms with E-state index in [-0.39, 0.29) is 5.89 Å². The number of hydrogen-bond donors (Lipinski definition) is 0. The lowest BCUT2D eigenvalue weighted by Crippen LogP contribution is -2.05. The molecule has 33 heavy (non-hydrogen) atoms. The Bertz CT molecular complexity index is 1420. The Morgan fingerprint density at radius 3 is 2.55 bits per heavy atom. The highest BCUT2D eigenvalue weighted by Gasteiger charge is 2.21. The quantitative estimate of drug-likeness (QED) is 0.348. The summed E-state index contributed by atoms with van der Waals surface area (Å²) in [6.45, 7) is 4.14. The molecule has 3 aromatic heterocycles. The van der Waals surface area contributed by atoms with Crippen LogP contribution in [-0.4, -0.2) is 37.2 Å². The molecule has 0 amide bonds. The van der Waals surface area contributed by atoms with Crippen LogP contribution in [0, 0.1) is 13.8 Å². The Morgan fingerprint density at radius 1 is 1.00 bits per heavy atom. The first kappa shape index (κ1) is 20.9. The van der Waals surface area contributed by atoms with Crippen molar-refractivity contribution in [2.24, 2.45) is 0 Å². The highest BCUT2D eigenvalue weighted by molar-refractivity contribution is 6.33. The van der Waals surface area contributed by atoms with Gasteiger partial charge in [-0.2, -0.15) is 4.98 Å². The van der Waals surface area contributed by atoms with E-state index in [1.165, 1.54) is 0 Å². The minimum Gasteiger partial charge on any atom is -0.497 e. The number of rotatable bonds is 6. The molecule has 166 valence electrons. The van der Waals surface area contributed by atoms with Gasteiger partial charge in [0.25, 0.3) is 5.89 Å². The van der Waals surface area contributed by atoms with E-state index in [0.717, 1.165) is 22.7 Å². The predicted octanol–water partition coefficient (Wildman–Crippen LogP) is 4.98. The van der Waals surface area contributed by atoms with Crippen molar-refractivity contribution in [1.29, 1.82) is 0 Å². The van der Waals surface area contributed by atoms with E-state index >= 15 is 0 Å². The summed E-state index contributed by atoms with van der Waals surface area (Å²) in [5, 5.41) is 13.1. The van der Waals surface area contributed by atoms with Crippen molar-refractivity contribution in [1.82, 2.24) is 30.1 Å². The van der Waals surface area contributed by atoms with Crippen molar-refractivity contribution < 1.29 is 13.7 Å². The largest absolute Gasteiger partial charge is 0.497 e. The molecule has 5 aromatic rings. The number of halogens is 1. The topological polar surface area (TPSA) is 105 Å². The minimum atomic E-state index is 0.268. The van der Waals surface area contributed by atoms with Crippen molar-refractivity contribution >= 4 is 11.6 Å². The van der Waals surface area contributed by atoms with Crippen LogP contribution >= 0.6 is 11.6 Å². The van der Waals surface area contributed by atoms with Gasteiger partial charge in [-0.05, 0) is 50.2 Å². The molecule has 0 aliphatic rings. The van der Waals surface area contributed by atoms with Gasteiger partial charge in [0, 0.05) is 11.1 Å². The Morgan fingerprint density at radius 2 is 1.79 bits per heavy atom. The zero-order valence-corrected chi connectivity index (χ0v) is 18.9. The molecule has 3 heterocycles. The van der Waals surface area contributed by atoms with Gasteiger partial charge in [-0.1, -0.05) is 34.1 Å². The maximum atomic E-state index is 6.24. The lowest BCUT2D eigenvalue weighted by atomic mass is 10.2. The number of nitrogens with zero attached hydrogens (tertiary/aromatic N) is 6. The number of oxazole rings is 1. The fourth-order valence-electron chi connectivity index (χ4n) is 3.35. The minimum absolute atomic E-state index is 0.268. The third-order valence-corrected chi connectivity index (χ3v) is 5.58. The molecule has 0 aliphatic heterocycles. The summed E-state index contributed by atoms with van der Waals surface area (Å²) in [5.74, 6) is 2.66. The molecular formula is C23H19ClN6O3. The molecule has 10 heteroatoms. The van der Waals surface area contributed by atoms with Crippen LogP contribution in [0.4, 0.5) is 0 Å². The van der Waals surface area contributed by atoms with E-state index < -0.39 is 0 Å². The summed E-state index contributed by atoms with van der Waals surface area (Å²) in [7, 11) is 1.63. The van der Waals surface area contributed by atoms with Crippen LogP contribution in [0.5, 0.6) is 5.75 Å². The van der Waals surface area contributed by atoms with Gasteiger partial charge in [0.15, 0.2) is 5.69 Å². The van der Waals surface area contributed by atoms with Crippen molar-refractivity contribution in [3.8, 4) is 40.2 Å². The van der Waals surface area contributed by atoms with Crippen molar-refractivity contribution in [3.05, 3.63) is 70.7 Å². The molecule has 0 spiro atoms. The molecule has 0 saturated carbocycles. The maximum Gasteiger partial charge on any atom is 0.280 e. The number of methoxy groups -OCH3 is 1. The van der Waals surface area contributed by atoms with Gasteiger partial charge in [0.1, 0.15) is 17.2 Å². The molecule has 0 bridgehead atoms. The molecule has 0 saturated heterocycles. The van der Waals surface area contributed by atoms with E-state index in [2.05, 4.69) is 25.4 Å². The monoisotopic (exact) mass is 462 g/mol. The lowest BCUT2D eigenvalue weighted by Gasteiger charge is -2.01. The van der Waals surface area contributed by atoms with E-state index in [1.807, 2.05) is 56.3 Å². The van der Waals surface area contributed by atoms with Gasteiger partial charge in [-0.3, -0.25) is 0 Å². The van der Waals surface area contributed by atoms with E-state index in [9.17, 15) is 0 Å². The van der Waals surface area contributed by atoms with Gasteiger partial charge in [-0.25, -0.2) is 9.67 Å². The lowest BCUT2D eigenvalue weighted by molar-refractivity contribution is 0.415. The first-order valence-electron chi connectivity index (χ1n) is 10.1. The molecule has 0 fully saturated rings. The third kappa shape index (κ3) is 3.98. The van der Waals surface area contributed by atoms with Gasteiger partial charge >= 0.3 is 0 Å². The molecule has 2 aromatic carbocycles. The Balaban J connectivity index is 1.39. The van der Waals surface area contributed by atoms with Crippen LogP contribution < -0.4 is 4.74 Å². The van der Waals surface area contributed by atoms with Gasteiger partial charge in [0.2, 0.25) is 11.7 Å². The molecule has 0 N–H and O–H groups in total. The van der Waals surface area contributed by atoms with Gasteiger partial charge in [-0.15, -0.1) is 5.10 Å². The van der Waals surface area contributed by atoms with Crippen LogP contribution in [0.25, 0.3) is 34.4 Å². The molecule has 5 rings (SSSR count). The van der Waals surface area contributed by atoms with E-state index in [1.54, 1.807) is 17.9 Å². The Labute approximate surface area is 194 Å². The molecule has 0 atom stereocenters. The van der Waals surface area contributed by atoms with Gasteiger partial charge < -0.3 is 13.7 Å². The smallest absolute Gasteiger partial charge is 0.280 e. The fourth-order valence-corrected chi connectivity index (χ4v) is 3.57. The first-order valence-corrected chi connectivity index (χ1v) is 10.5. The Hall–Kier alpha value is -3.98. The SMILES string of the molecule is COc1ccc(-c2nc(Cn3nnc(-c4nc(-c5ccccc5Cl)no4)c3C)c(C)o2)cc1. The van der Waals surface area contributed by atoms with Crippen LogP contribution in [-0.2, 0) is 6.54 Å².